The normalized spacial score (nSPS) is 32.1. The van der Waals surface area contributed by atoms with E-state index < -0.39 is 5.60 Å². The third-order valence-electron chi connectivity index (χ3n) is 4.60. The van der Waals surface area contributed by atoms with Gasteiger partial charge in [-0.25, -0.2) is 0 Å². The second kappa shape index (κ2) is 5.22. The molecule has 0 heterocycles. The Morgan fingerprint density at radius 1 is 1.28 bits per heavy atom. The smallest absolute Gasteiger partial charge is 0.0681 e. The molecule has 0 amide bonds. The fraction of sp³-hybridized carbons (Fsp3) is 0.625. The van der Waals surface area contributed by atoms with E-state index in [1.807, 2.05) is 19.1 Å². The maximum atomic E-state index is 10.8. The first kappa shape index (κ1) is 13.9. The van der Waals surface area contributed by atoms with Gasteiger partial charge in [-0.1, -0.05) is 37.6 Å². The lowest BCUT2D eigenvalue weighted by atomic mass is 9.78. The van der Waals surface area contributed by atoms with Crippen molar-refractivity contribution in [2.45, 2.75) is 45.6 Å². The van der Waals surface area contributed by atoms with Gasteiger partial charge in [0, 0.05) is 5.02 Å². The highest BCUT2D eigenvalue weighted by Crippen LogP contribution is 2.45. The van der Waals surface area contributed by atoms with Crippen molar-refractivity contribution in [3.63, 3.8) is 0 Å². The number of benzene rings is 1. The minimum absolute atomic E-state index is 0.367. The zero-order valence-corrected chi connectivity index (χ0v) is 12.2. The van der Waals surface area contributed by atoms with Crippen LogP contribution in [0.15, 0.2) is 24.3 Å². The lowest BCUT2D eigenvalue weighted by molar-refractivity contribution is -0.0336. The van der Waals surface area contributed by atoms with Crippen LogP contribution >= 0.6 is 11.6 Å². The number of hydrogen-bond donors (Lipinski definition) is 1. The SMILES string of the molecule is CC(C)C1CCC(Cc2ccc(Cl)cc2)C1(C)O. The molecule has 1 saturated carbocycles. The monoisotopic (exact) mass is 266 g/mol. The second-order valence-corrected chi connectivity index (χ2v) is 6.62. The van der Waals surface area contributed by atoms with Crippen LogP contribution in [0.4, 0.5) is 0 Å². The highest BCUT2D eigenvalue weighted by Gasteiger charge is 2.45. The van der Waals surface area contributed by atoms with Crippen LogP contribution in [0.5, 0.6) is 0 Å². The van der Waals surface area contributed by atoms with Gasteiger partial charge in [0.15, 0.2) is 0 Å². The van der Waals surface area contributed by atoms with Crippen LogP contribution in [-0.4, -0.2) is 10.7 Å². The van der Waals surface area contributed by atoms with Crippen LogP contribution in [0.1, 0.15) is 39.2 Å². The molecule has 3 unspecified atom stereocenters. The maximum Gasteiger partial charge on any atom is 0.0681 e. The molecule has 0 spiro atoms. The Bertz CT molecular complexity index is 394. The van der Waals surface area contributed by atoms with E-state index in [0.717, 1.165) is 24.3 Å². The number of hydrogen-bond acceptors (Lipinski definition) is 1. The Hall–Kier alpha value is -0.530. The predicted molar refractivity (Wildman–Crippen MR) is 76.8 cm³/mol. The predicted octanol–water partition coefficient (Wildman–Crippen LogP) is 4.32. The molecule has 0 aliphatic heterocycles. The van der Waals surface area contributed by atoms with Gasteiger partial charge in [0.1, 0.15) is 0 Å². The summed E-state index contributed by atoms with van der Waals surface area (Å²) in [5.74, 6) is 1.34. The quantitative estimate of drug-likeness (QED) is 0.864. The van der Waals surface area contributed by atoms with Gasteiger partial charge in [-0.05, 0) is 61.6 Å². The van der Waals surface area contributed by atoms with E-state index >= 15 is 0 Å². The summed E-state index contributed by atoms with van der Waals surface area (Å²) in [4.78, 5) is 0. The van der Waals surface area contributed by atoms with E-state index in [1.54, 1.807) is 0 Å². The second-order valence-electron chi connectivity index (χ2n) is 6.18. The lowest BCUT2D eigenvalue weighted by Gasteiger charge is -2.34. The molecule has 1 fully saturated rings. The molecule has 1 nitrogen and oxygen atoms in total. The Morgan fingerprint density at radius 2 is 1.89 bits per heavy atom. The zero-order chi connectivity index (χ0) is 13.3. The van der Waals surface area contributed by atoms with Crippen LogP contribution in [0.3, 0.4) is 0 Å². The van der Waals surface area contributed by atoms with Crippen LogP contribution in [0.25, 0.3) is 0 Å². The summed E-state index contributed by atoms with van der Waals surface area (Å²) in [7, 11) is 0. The van der Waals surface area contributed by atoms with Gasteiger partial charge in [-0.2, -0.15) is 0 Å². The molecule has 1 aromatic carbocycles. The zero-order valence-electron chi connectivity index (χ0n) is 11.5. The van der Waals surface area contributed by atoms with Crippen LogP contribution in [0.2, 0.25) is 5.02 Å². The Morgan fingerprint density at radius 3 is 2.39 bits per heavy atom. The molecular weight excluding hydrogens is 244 g/mol. The summed E-state index contributed by atoms with van der Waals surface area (Å²) < 4.78 is 0. The van der Waals surface area contributed by atoms with Gasteiger partial charge in [0.25, 0.3) is 0 Å². The Balaban J connectivity index is 2.09. The number of rotatable bonds is 3. The minimum Gasteiger partial charge on any atom is -0.390 e. The average molecular weight is 267 g/mol. The molecule has 2 rings (SSSR count). The lowest BCUT2D eigenvalue weighted by Crippen LogP contribution is -2.39. The van der Waals surface area contributed by atoms with E-state index in [9.17, 15) is 5.11 Å². The van der Waals surface area contributed by atoms with Crippen molar-refractivity contribution >= 4 is 11.6 Å². The minimum atomic E-state index is -0.534. The van der Waals surface area contributed by atoms with Gasteiger partial charge >= 0.3 is 0 Å². The van der Waals surface area contributed by atoms with E-state index in [0.29, 0.717) is 17.8 Å². The summed E-state index contributed by atoms with van der Waals surface area (Å²) >= 11 is 5.90. The van der Waals surface area contributed by atoms with Gasteiger partial charge in [-0.15, -0.1) is 0 Å². The molecule has 1 N–H and O–H groups in total. The topological polar surface area (TPSA) is 20.2 Å². The van der Waals surface area contributed by atoms with Crippen molar-refractivity contribution in [1.29, 1.82) is 0 Å². The number of aliphatic hydroxyl groups is 1. The van der Waals surface area contributed by atoms with Gasteiger partial charge in [0.05, 0.1) is 5.60 Å². The van der Waals surface area contributed by atoms with Crippen LogP contribution < -0.4 is 0 Å². The van der Waals surface area contributed by atoms with Crippen molar-refractivity contribution in [2.75, 3.05) is 0 Å². The molecule has 100 valence electrons. The Labute approximate surface area is 115 Å². The fourth-order valence-corrected chi connectivity index (χ4v) is 3.62. The van der Waals surface area contributed by atoms with Crippen molar-refractivity contribution in [1.82, 2.24) is 0 Å². The highest BCUT2D eigenvalue weighted by molar-refractivity contribution is 6.30. The molecule has 1 aliphatic carbocycles. The summed E-state index contributed by atoms with van der Waals surface area (Å²) in [6, 6.07) is 8.00. The first-order valence-corrected chi connectivity index (χ1v) is 7.26. The first-order valence-electron chi connectivity index (χ1n) is 6.88. The third-order valence-corrected chi connectivity index (χ3v) is 4.86. The molecule has 2 heteroatoms. The van der Waals surface area contributed by atoms with Crippen molar-refractivity contribution in [3.8, 4) is 0 Å². The van der Waals surface area contributed by atoms with E-state index in [1.165, 1.54) is 5.56 Å². The molecule has 0 radical (unpaired) electrons. The summed E-state index contributed by atoms with van der Waals surface area (Å²) in [6.07, 6.45) is 3.22. The molecule has 0 bridgehead atoms. The number of halogens is 1. The van der Waals surface area contributed by atoms with Crippen molar-refractivity contribution < 1.29 is 5.11 Å². The summed E-state index contributed by atoms with van der Waals surface area (Å²) in [5, 5.41) is 11.5. The molecule has 18 heavy (non-hydrogen) atoms. The molecule has 3 atom stereocenters. The van der Waals surface area contributed by atoms with Gasteiger partial charge < -0.3 is 5.11 Å². The largest absolute Gasteiger partial charge is 0.390 e. The van der Waals surface area contributed by atoms with Crippen molar-refractivity contribution in [3.05, 3.63) is 34.9 Å². The first-order chi connectivity index (χ1) is 8.41. The van der Waals surface area contributed by atoms with Gasteiger partial charge in [-0.3, -0.25) is 0 Å². The summed E-state index contributed by atoms with van der Waals surface area (Å²) in [5.41, 5.74) is 0.738. The van der Waals surface area contributed by atoms with E-state index in [4.69, 9.17) is 11.6 Å². The standard InChI is InChI=1S/C16H23ClO/c1-11(2)15-9-6-13(16(15,3)18)10-12-4-7-14(17)8-5-12/h4-5,7-8,11,13,15,18H,6,9-10H2,1-3H3. The van der Waals surface area contributed by atoms with E-state index in [2.05, 4.69) is 26.0 Å². The summed E-state index contributed by atoms with van der Waals surface area (Å²) in [6.45, 7) is 6.44. The van der Waals surface area contributed by atoms with Crippen LogP contribution in [-0.2, 0) is 6.42 Å². The average Bonchev–Trinajstić information content (AvgIpc) is 2.58. The van der Waals surface area contributed by atoms with Crippen LogP contribution in [0, 0.1) is 17.8 Å². The molecule has 1 aliphatic rings. The maximum absolute atomic E-state index is 10.8. The van der Waals surface area contributed by atoms with E-state index in [-0.39, 0.29) is 0 Å². The fourth-order valence-electron chi connectivity index (χ4n) is 3.49. The molecule has 1 aromatic rings. The third kappa shape index (κ3) is 2.73. The molecule has 0 aromatic heterocycles. The van der Waals surface area contributed by atoms with Gasteiger partial charge in [0.2, 0.25) is 0 Å². The highest BCUT2D eigenvalue weighted by atomic mass is 35.5. The van der Waals surface area contributed by atoms with Crippen molar-refractivity contribution in [2.24, 2.45) is 17.8 Å². The molecule has 0 saturated heterocycles. The Kier molecular flexibility index (Phi) is 4.03. The molecular formula is C16H23ClO.